The van der Waals surface area contributed by atoms with Crippen molar-refractivity contribution < 1.29 is 9.90 Å². The number of Topliss-reactive ketones (excluding diaryl/α,β-unsaturated/α-hetero) is 1. The maximum atomic E-state index is 13.0. The summed E-state index contributed by atoms with van der Waals surface area (Å²) in [5.74, 6) is 2.65. The van der Waals surface area contributed by atoms with E-state index in [9.17, 15) is 9.90 Å². The van der Waals surface area contributed by atoms with Crippen LogP contribution in [0.3, 0.4) is 0 Å². The maximum Gasteiger partial charge on any atom is 0.142 e. The number of hydrogen-bond acceptors (Lipinski definition) is 2. The molecule has 3 fully saturated rings. The van der Waals surface area contributed by atoms with Gasteiger partial charge in [-0.25, -0.2) is 0 Å². The number of hydrogen-bond donors (Lipinski definition) is 1. The van der Waals surface area contributed by atoms with Gasteiger partial charge in [0.05, 0.1) is 6.10 Å². The molecular formula is C22H32O2. The molecule has 0 radical (unpaired) electrons. The minimum absolute atomic E-state index is 0.0925. The molecular weight excluding hydrogens is 296 g/mol. The van der Waals surface area contributed by atoms with Gasteiger partial charge in [0.1, 0.15) is 5.78 Å². The molecule has 0 heterocycles. The molecule has 0 spiro atoms. The number of allylic oxidation sites excluding steroid dienone is 2. The van der Waals surface area contributed by atoms with E-state index >= 15 is 0 Å². The zero-order valence-electron chi connectivity index (χ0n) is 15.3. The average Bonchev–Trinajstić information content (AvgIpc) is 2.81. The molecule has 0 aromatic carbocycles. The van der Waals surface area contributed by atoms with Gasteiger partial charge in [-0.3, -0.25) is 4.79 Å². The molecule has 0 aromatic rings. The third kappa shape index (κ3) is 2.14. The second-order valence-electron chi connectivity index (χ2n) is 9.43. The number of carbonyl (C=O) groups is 1. The predicted molar refractivity (Wildman–Crippen MR) is 96.4 cm³/mol. The van der Waals surface area contributed by atoms with Gasteiger partial charge in [0.2, 0.25) is 0 Å². The standard InChI is InChI=1S/C22H32O2/c1-4-5-14-12-19-17-7-6-15-13-16(23)8-10-21(15,2)18(17)9-11-22(19,3)20(14)24/h4,6,14,16-19,23H,1,5,7-13H2,2-3H3/t14?,16?,17-,18-,19+,21+,22+/m1/s1. The SMILES string of the molecule is C=CCC1C[C@H]2[C@@H]3CC=C4CC(O)CC[C@]4(C)[C@@H]3CC[C@]2(C)C1=O. The highest BCUT2D eigenvalue weighted by atomic mass is 16.3. The molecule has 0 aromatic heterocycles. The molecule has 4 aliphatic rings. The number of carbonyl (C=O) groups excluding carboxylic acids is 1. The summed E-state index contributed by atoms with van der Waals surface area (Å²) in [6.45, 7) is 8.57. The minimum Gasteiger partial charge on any atom is -0.393 e. The number of fused-ring (bicyclic) bond motifs is 5. The van der Waals surface area contributed by atoms with Crippen molar-refractivity contribution in [1.82, 2.24) is 0 Å². The third-order valence-electron chi connectivity index (χ3n) is 8.39. The Hall–Kier alpha value is -0.890. The van der Waals surface area contributed by atoms with Crippen molar-refractivity contribution in [3.8, 4) is 0 Å². The fourth-order valence-corrected chi connectivity index (χ4v) is 6.99. The van der Waals surface area contributed by atoms with E-state index in [2.05, 4.69) is 26.5 Å². The first-order chi connectivity index (χ1) is 11.4. The predicted octanol–water partition coefficient (Wildman–Crippen LogP) is 4.68. The van der Waals surface area contributed by atoms with Gasteiger partial charge in [-0.1, -0.05) is 31.6 Å². The van der Waals surface area contributed by atoms with Crippen LogP contribution in [0.15, 0.2) is 24.3 Å². The Bertz CT molecular complexity index is 591. The summed E-state index contributed by atoms with van der Waals surface area (Å²) < 4.78 is 0. The summed E-state index contributed by atoms with van der Waals surface area (Å²) in [6.07, 6.45) is 12.5. The number of ketones is 1. The van der Waals surface area contributed by atoms with Crippen LogP contribution in [0.25, 0.3) is 0 Å². The lowest BCUT2D eigenvalue weighted by molar-refractivity contribution is -0.134. The van der Waals surface area contributed by atoms with E-state index in [1.807, 2.05) is 6.08 Å². The van der Waals surface area contributed by atoms with E-state index in [1.165, 1.54) is 12.0 Å². The van der Waals surface area contributed by atoms with Gasteiger partial charge in [-0.05, 0) is 74.5 Å². The average molecular weight is 328 g/mol. The normalized spacial score (nSPS) is 50.5. The Labute approximate surface area is 146 Å². The molecule has 0 aliphatic heterocycles. The molecule has 132 valence electrons. The summed E-state index contributed by atoms with van der Waals surface area (Å²) in [5.41, 5.74) is 1.69. The van der Waals surface area contributed by atoms with Crippen molar-refractivity contribution in [1.29, 1.82) is 0 Å². The zero-order chi connectivity index (χ0) is 17.1. The molecule has 0 saturated heterocycles. The van der Waals surface area contributed by atoms with Crippen LogP contribution in [0.5, 0.6) is 0 Å². The Morgan fingerprint density at radius 2 is 2.00 bits per heavy atom. The van der Waals surface area contributed by atoms with Gasteiger partial charge in [0.25, 0.3) is 0 Å². The molecule has 3 saturated carbocycles. The van der Waals surface area contributed by atoms with Crippen molar-refractivity contribution in [2.24, 2.45) is 34.5 Å². The van der Waals surface area contributed by atoms with Gasteiger partial charge in [-0.2, -0.15) is 0 Å². The van der Waals surface area contributed by atoms with E-state index in [0.29, 0.717) is 23.5 Å². The lowest BCUT2D eigenvalue weighted by Crippen LogP contribution is -2.50. The monoisotopic (exact) mass is 328 g/mol. The fourth-order valence-electron chi connectivity index (χ4n) is 6.99. The lowest BCUT2D eigenvalue weighted by atomic mass is 9.48. The Morgan fingerprint density at radius 3 is 2.75 bits per heavy atom. The van der Waals surface area contributed by atoms with Crippen LogP contribution in [0.4, 0.5) is 0 Å². The van der Waals surface area contributed by atoms with E-state index in [4.69, 9.17) is 0 Å². The fraction of sp³-hybridized carbons (Fsp3) is 0.773. The molecule has 24 heavy (non-hydrogen) atoms. The molecule has 4 aliphatic carbocycles. The lowest BCUT2D eigenvalue weighted by Gasteiger charge is -2.56. The number of aliphatic hydroxyl groups excluding tert-OH is 1. The zero-order valence-corrected chi connectivity index (χ0v) is 15.3. The van der Waals surface area contributed by atoms with E-state index in [0.717, 1.165) is 44.9 Å². The van der Waals surface area contributed by atoms with Gasteiger partial charge in [0.15, 0.2) is 0 Å². The van der Waals surface area contributed by atoms with Crippen LogP contribution in [-0.2, 0) is 4.79 Å². The second-order valence-corrected chi connectivity index (χ2v) is 9.43. The molecule has 0 amide bonds. The van der Waals surface area contributed by atoms with Gasteiger partial charge >= 0.3 is 0 Å². The summed E-state index contributed by atoms with van der Waals surface area (Å²) >= 11 is 0. The molecule has 2 heteroatoms. The van der Waals surface area contributed by atoms with Gasteiger partial charge < -0.3 is 5.11 Å². The highest BCUT2D eigenvalue weighted by Gasteiger charge is 2.60. The van der Waals surface area contributed by atoms with Crippen molar-refractivity contribution in [2.45, 2.75) is 71.3 Å². The molecule has 7 atom stereocenters. The summed E-state index contributed by atoms with van der Waals surface area (Å²) in [5, 5.41) is 10.1. The minimum atomic E-state index is -0.139. The number of rotatable bonds is 2. The van der Waals surface area contributed by atoms with Crippen molar-refractivity contribution >= 4 is 5.78 Å². The van der Waals surface area contributed by atoms with Crippen LogP contribution in [-0.4, -0.2) is 17.0 Å². The van der Waals surface area contributed by atoms with Crippen LogP contribution in [0.2, 0.25) is 0 Å². The van der Waals surface area contributed by atoms with Crippen LogP contribution in [0.1, 0.15) is 65.2 Å². The molecule has 2 nitrogen and oxygen atoms in total. The second kappa shape index (κ2) is 5.56. The van der Waals surface area contributed by atoms with Crippen molar-refractivity contribution in [3.63, 3.8) is 0 Å². The summed E-state index contributed by atoms with van der Waals surface area (Å²) in [4.78, 5) is 13.0. The van der Waals surface area contributed by atoms with Crippen LogP contribution >= 0.6 is 0 Å². The number of aliphatic hydroxyl groups is 1. The first kappa shape index (κ1) is 16.6. The van der Waals surface area contributed by atoms with Gasteiger partial charge in [-0.15, -0.1) is 6.58 Å². The van der Waals surface area contributed by atoms with Crippen LogP contribution < -0.4 is 0 Å². The highest BCUT2D eigenvalue weighted by molar-refractivity contribution is 5.89. The molecule has 1 N–H and O–H groups in total. The Kier molecular flexibility index (Phi) is 3.84. The Morgan fingerprint density at radius 1 is 1.25 bits per heavy atom. The van der Waals surface area contributed by atoms with E-state index in [1.54, 1.807) is 0 Å². The van der Waals surface area contributed by atoms with Gasteiger partial charge in [0, 0.05) is 11.3 Å². The first-order valence-electron chi connectivity index (χ1n) is 9.93. The summed E-state index contributed by atoms with van der Waals surface area (Å²) in [7, 11) is 0. The third-order valence-corrected chi connectivity index (χ3v) is 8.39. The van der Waals surface area contributed by atoms with Crippen LogP contribution in [0, 0.1) is 34.5 Å². The highest BCUT2D eigenvalue weighted by Crippen LogP contribution is 2.64. The maximum absolute atomic E-state index is 13.0. The topological polar surface area (TPSA) is 37.3 Å². The molecule has 2 unspecified atom stereocenters. The van der Waals surface area contributed by atoms with E-state index in [-0.39, 0.29) is 22.9 Å². The smallest absolute Gasteiger partial charge is 0.142 e. The molecule has 0 bridgehead atoms. The van der Waals surface area contributed by atoms with Crippen molar-refractivity contribution in [2.75, 3.05) is 0 Å². The van der Waals surface area contributed by atoms with E-state index < -0.39 is 0 Å². The Balaban J connectivity index is 1.66. The summed E-state index contributed by atoms with van der Waals surface area (Å²) in [6, 6.07) is 0. The first-order valence-corrected chi connectivity index (χ1v) is 9.93. The quantitative estimate of drug-likeness (QED) is 0.747. The van der Waals surface area contributed by atoms with Crippen molar-refractivity contribution in [3.05, 3.63) is 24.3 Å². The molecule has 4 rings (SSSR count). The largest absolute Gasteiger partial charge is 0.393 e.